The molecule has 0 radical (unpaired) electrons. The first-order chi connectivity index (χ1) is 12.1. The van der Waals surface area contributed by atoms with Crippen LogP contribution in [0.15, 0.2) is 53.0 Å². The second kappa shape index (κ2) is 10.2. The van der Waals surface area contributed by atoms with Crippen LogP contribution in [0.5, 0.6) is 5.75 Å². The molecule has 1 amide bonds. The van der Waals surface area contributed by atoms with Crippen LogP contribution in [0.1, 0.15) is 30.5 Å². The van der Waals surface area contributed by atoms with Gasteiger partial charge in [0.15, 0.2) is 6.54 Å². The summed E-state index contributed by atoms with van der Waals surface area (Å²) < 4.78 is 6.17. The van der Waals surface area contributed by atoms with Gasteiger partial charge < -0.3 is 15.4 Å². The quantitative estimate of drug-likeness (QED) is 0.630. The predicted molar refractivity (Wildman–Crippen MR) is 104 cm³/mol. The minimum Gasteiger partial charge on any atom is -0.496 e. The number of methoxy groups -OCH3 is 1. The van der Waals surface area contributed by atoms with Crippen molar-refractivity contribution in [1.82, 2.24) is 5.32 Å². The summed E-state index contributed by atoms with van der Waals surface area (Å²) in [5.74, 6) is 0.889. The lowest BCUT2D eigenvalue weighted by Crippen LogP contribution is -2.87. The van der Waals surface area contributed by atoms with Crippen molar-refractivity contribution in [2.45, 2.75) is 25.8 Å². The average Bonchev–Trinajstić information content (AvgIpc) is 2.64. The molecule has 2 aromatic carbocycles. The SMILES string of the molecule is COc1ccc([C@@H](C)[NH2+]CC(=O)NCCCc2ccccc2)cc1Br. The molecule has 0 bridgehead atoms. The lowest BCUT2D eigenvalue weighted by atomic mass is 10.1. The Balaban J connectivity index is 1.68. The molecule has 25 heavy (non-hydrogen) atoms. The maximum atomic E-state index is 12.0. The monoisotopic (exact) mass is 405 g/mol. The van der Waals surface area contributed by atoms with Gasteiger partial charge in [-0.05, 0) is 59.5 Å². The Kier molecular flexibility index (Phi) is 7.95. The Bertz CT molecular complexity index is 677. The molecule has 0 saturated heterocycles. The Labute approximate surface area is 158 Å². The van der Waals surface area contributed by atoms with Crippen LogP contribution in [-0.2, 0) is 11.2 Å². The summed E-state index contributed by atoms with van der Waals surface area (Å²) in [6.45, 7) is 3.23. The molecule has 0 spiro atoms. The van der Waals surface area contributed by atoms with Gasteiger partial charge in [0.2, 0.25) is 0 Å². The predicted octanol–water partition coefficient (Wildman–Crippen LogP) is 2.83. The number of halogens is 1. The number of rotatable bonds is 9. The topological polar surface area (TPSA) is 54.9 Å². The molecule has 1 atom stereocenters. The van der Waals surface area contributed by atoms with E-state index >= 15 is 0 Å². The van der Waals surface area contributed by atoms with Gasteiger partial charge in [-0.25, -0.2) is 0 Å². The highest BCUT2D eigenvalue weighted by molar-refractivity contribution is 9.10. The summed E-state index contributed by atoms with van der Waals surface area (Å²) in [6.07, 6.45) is 1.94. The molecule has 2 aromatic rings. The van der Waals surface area contributed by atoms with Crippen LogP contribution < -0.4 is 15.4 Å². The van der Waals surface area contributed by atoms with Crippen molar-refractivity contribution < 1.29 is 14.8 Å². The minimum atomic E-state index is 0.0764. The zero-order chi connectivity index (χ0) is 18.1. The van der Waals surface area contributed by atoms with Crippen molar-refractivity contribution in [3.63, 3.8) is 0 Å². The summed E-state index contributed by atoms with van der Waals surface area (Å²) in [6, 6.07) is 16.5. The summed E-state index contributed by atoms with van der Waals surface area (Å²) >= 11 is 3.50. The van der Waals surface area contributed by atoms with Crippen LogP contribution in [-0.4, -0.2) is 26.1 Å². The number of quaternary nitrogens is 1. The third-order valence-corrected chi connectivity index (χ3v) is 4.79. The molecule has 0 aliphatic carbocycles. The zero-order valence-electron chi connectivity index (χ0n) is 14.8. The van der Waals surface area contributed by atoms with Crippen LogP contribution in [0.2, 0.25) is 0 Å². The number of amides is 1. The first-order valence-electron chi connectivity index (χ1n) is 8.57. The van der Waals surface area contributed by atoms with Crippen molar-refractivity contribution in [3.8, 4) is 5.75 Å². The van der Waals surface area contributed by atoms with Crippen molar-refractivity contribution >= 4 is 21.8 Å². The number of ether oxygens (including phenoxy) is 1. The first kappa shape index (κ1) is 19.5. The Morgan fingerprint density at radius 3 is 2.68 bits per heavy atom. The van der Waals surface area contributed by atoms with Gasteiger partial charge in [-0.1, -0.05) is 30.3 Å². The van der Waals surface area contributed by atoms with Crippen molar-refractivity contribution in [2.24, 2.45) is 0 Å². The van der Waals surface area contributed by atoms with Gasteiger partial charge in [-0.3, -0.25) is 4.79 Å². The van der Waals surface area contributed by atoms with E-state index in [1.165, 1.54) is 5.56 Å². The minimum absolute atomic E-state index is 0.0764. The molecule has 5 heteroatoms. The first-order valence-corrected chi connectivity index (χ1v) is 9.37. The van der Waals surface area contributed by atoms with E-state index in [0.29, 0.717) is 13.1 Å². The maximum absolute atomic E-state index is 12.0. The second-order valence-corrected chi connectivity index (χ2v) is 6.92. The maximum Gasteiger partial charge on any atom is 0.275 e. The van der Waals surface area contributed by atoms with E-state index in [2.05, 4.69) is 40.3 Å². The molecular formula is C20H26BrN2O2+. The summed E-state index contributed by atoms with van der Waals surface area (Å²) in [5.41, 5.74) is 2.46. The molecule has 134 valence electrons. The molecule has 3 N–H and O–H groups in total. The number of aryl methyl sites for hydroxylation is 1. The highest BCUT2D eigenvalue weighted by Gasteiger charge is 2.13. The molecule has 0 unspecified atom stereocenters. The largest absolute Gasteiger partial charge is 0.496 e. The van der Waals surface area contributed by atoms with Crippen LogP contribution in [0.4, 0.5) is 0 Å². The lowest BCUT2D eigenvalue weighted by molar-refractivity contribution is -0.682. The van der Waals surface area contributed by atoms with Crippen molar-refractivity contribution in [3.05, 3.63) is 64.1 Å². The fourth-order valence-electron chi connectivity index (χ4n) is 2.62. The molecule has 0 aliphatic heterocycles. The van der Waals surface area contributed by atoms with E-state index in [4.69, 9.17) is 4.74 Å². The highest BCUT2D eigenvalue weighted by atomic mass is 79.9. The molecule has 0 aliphatic rings. The number of nitrogens with one attached hydrogen (secondary N) is 1. The normalized spacial score (nSPS) is 11.8. The number of nitrogens with two attached hydrogens (primary N) is 1. The van der Waals surface area contributed by atoms with E-state index in [-0.39, 0.29) is 11.9 Å². The number of benzene rings is 2. The van der Waals surface area contributed by atoms with E-state index in [9.17, 15) is 4.79 Å². The van der Waals surface area contributed by atoms with E-state index in [0.717, 1.165) is 28.6 Å². The van der Waals surface area contributed by atoms with Gasteiger partial charge in [0.1, 0.15) is 11.8 Å². The Hall–Kier alpha value is -1.85. The molecule has 0 aromatic heterocycles. The molecule has 0 saturated carbocycles. The fraction of sp³-hybridized carbons (Fsp3) is 0.350. The summed E-state index contributed by atoms with van der Waals surface area (Å²) in [5, 5.41) is 5.03. The van der Waals surface area contributed by atoms with Gasteiger partial charge in [0.05, 0.1) is 11.6 Å². The van der Waals surface area contributed by atoms with Crippen molar-refractivity contribution in [2.75, 3.05) is 20.2 Å². The number of carbonyl (C=O) groups is 1. The summed E-state index contributed by atoms with van der Waals surface area (Å²) in [4.78, 5) is 12.0. The standard InChI is InChI=1S/C20H25BrN2O2/c1-15(17-10-11-19(25-2)18(21)13-17)23-14-20(24)22-12-6-9-16-7-4-3-5-8-16/h3-5,7-8,10-11,13,15,23H,6,9,12,14H2,1-2H3,(H,22,24)/p+1/t15-/m1/s1. The molecule has 4 nitrogen and oxygen atoms in total. The van der Waals surface area contributed by atoms with Crippen LogP contribution >= 0.6 is 15.9 Å². The average molecular weight is 406 g/mol. The Morgan fingerprint density at radius 2 is 2.00 bits per heavy atom. The van der Waals surface area contributed by atoms with E-state index < -0.39 is 0 Å². The Morgan fingerprint density at radius 1 is 1.24 bits per heavy atom. The summed E-state index contributed by atoms with van der Waals surface area (Å²) in [7, 11) is 1.65. The van der Waals surface area contributed by atoms with Crippen LogP contribution in [0, 0.1) is 0 Å². The van der Waals surface area contributed by atoms with Crippen LogP contribution in [0.25, 0.3) is 0 Å². The third kappa shape index (κ3) is 6.52. The van der Waals surface area contributed by atoms with Gasteiger partial charge in [-0.2, -0.15) is 0 Å². The lowest BCUT2D eigenvalue weighted by Gasteiger charge is -2.13. The van der Waals surface area contributed by atoms with Gasteiger partial charge >= 0.3 is 0 Å². The number of hydrogen-bond acceptors (Lipinski definition) is 2. The third-order valence-electron chi connectivity index (χ3n) is 4.17. The van der Waals surface area contributed by atoms with Gasteiger partial charge in [0.25, 0.3) is 5.91 Å². The van der Waals surface area contributed by atoms with Crippen LogP contribution in [0.3, 0.4) is 0 Å². The zero-order valence-corrected chi connectivity index (χ0v) is 16.4. The highest BCUT2D eigenvalue weighted by Crippen LogP contribution is 2.26. The second-order valence-electron chi connectivity index (χ2n) is 6.06. The fourth-order valence-corrected chi connectivity index (χ4v) is 3.18. The number of hydrogen-bond donors (Lipinski definition) is 2. The smallest absolute Gasteiger partial charge is 0.275 e. The number of carbonyl (C=O) groups excluding carboxylic acids is 1. The molecule has 0 fully saturated rings. The van der Waals surface area contributed by atoms with E-state index in [1.807, 2.05) is 41.7 Å². The van der Waals surface area contributed by atoms with Gasteiger partial charge in [-0.15, -0.1) is 0 Å². The van der Waals surface area contributed by atoms with E-state index in [1.54, 1.807) is 7.11 Å². The molecular weight excluding hydrogens is 380 g/mol. The van der Waals surface area contributed by atoms with Crippen molar-refractivity contribution in [1.29, 1.82) is 0 Å². The molecule has 0 heterocycles. The molecule has 2 rings (SSSR count). The van der Waals surface area contributed by atoms with Gasteiger partial charge in [0, 0.05) is 12.1 Å².